The molecule has 1 atom stereocenters. The molecule has 5 nitrogen and oxygen atoms in total. The fourth-order valence-corrected chi connectivity index (χ4v) is 1.85. The number of carbonyl (C=O) groups excluding carboxylic acids is 1. The van der Waals surface area contributed by atoms with Crippen LogP contribution in [0, 0.1) is 0 Å². The Kier molecular flexibility index (Phi) is 6.31. The third-order valence-electron chi connectivity index (χ3n) is 3.29. The molecule has 0 saturated heterocycles. The molecule has 0 heterocycles. The van der Waals surface area contributed by atoms with Gasteiger partial charge < -0.3 is 20.5 Å². The molecule has 0 aliphatic heterocycles. The number of hydrogen-bond acceptors (Lipinski definition) is 3. The van der Waals surface area contributed by atoms with E-state index in [0.29, 0.717) is 24.5 Å². The number of carbonyl (C=O) groups is 1. The van der Waals surface area contributed by atoms with E-state index in [1.807, 2.05) is 39.0 Å². The van der Waals surface area contributed by atoms with Crippen LogP contribution in [0.2, 0.25) is 0 Å². The molecule has 1 unspecified atom stereocenters. The van der Waals surface area contributed by atoms with E-state index in [2.05, 4.69) is 10.6 Å². The van der Waals surface area contributed by atoms with Gasteiger partial charge in [-0.3, -0.25) is 0 Å². The highest BCUT2D eigenvalue weighted by molar-refractivity contribution is 5.91. The molecule has 0 saturated carbocycles. The highest BCUT2D eigenvalue weighted by Crippen LogP contribution is 2.24. The SMILES string of the molecule is CCOc1ccccc1NC(=O)NC(C)(CC)CCO. The van der Waals surface area contributed by atoms with E-state index >= 15 is 0 Å². The number of anilines is 1. The van der Waals surface area contributed by atoms with Crippen LogP contribution < -0.4 is 15.4 Å². The van der Waals surface area contributed by atoms with Crippen LogP contribution >= 0.6 is 0 Å². The first kappa shape index (κ1) is 16.3. The maximum absolute atomic E-state index is 12.1. The molecule has 20 heavy (non-hydrogen) atoms. The van der Waals surface area contributed by atoms with Crippen LogP contribution in [0.25, 0.3) is 0 Å². The minimum atomic E-state index is -0.417. The Hall–Kier alpha value is -1.75. The summed E-state index contributed by atoms with van der Waals surface area (Å²) in [4.78, 5) is 12.1. The van der Waals surface area contributed by atoms with Crippen LogP contribution in [0.15, 0.2) is 24.3 Å². The Morgan fingerprint density at radius 3 is 2.65 bits per heavy atom. The number of benzene rings is 1. The predicted octanol–water partition coefficient (Wildman–Crippen LogP) is 2.76. The Morgan fingerprint density at radius 2 is 2.05 bits per heavy atom. The monoisotopic (exact) mass is 280 g/mol. The fraction of sp³-hybridized carbons (Fsp3) is 0.533. The van der Waals surface area contributed by atoms with E-state index < -0.39 is 5.54 Å². The van der Waals surface area contributed by atoms with Crippen molar-refractivity contribution in [3.8, 4) is 5.75 Å². The summed E-state index contributed by atoms with van der Waals surface area (Å²) in [7, 11) is 0. The first-order valence-corrected chi connectivity index (χ1v) is 6.96. The molecule has 112 valence electrons. The third kappa shape index (κ3) is 4.74. The Balaban J connectivity index is 2.71. The van der Waals surface area contributed by atoms with Crippen molar-refractivity contribution < 1.29 is 14.6 Å². The second-order valence-electron chi connectivity index (χ2n) is 4.90. The molecule has 0 radical (unpaired) electrons. The topological polar surface area (TPSA) is 70.6 Å². The van der Waals surface area contributed by atoms with E-state index in [0.717, 1.165) is 6.42 Å². The zero-order chi connectivity index (χ0) is 15.0. The zero-order valence-electron chi connectivity index (χ0n) is 12.4. The van der Waals surface area contributed by atoms with Crippen LogP contribution in [0.3, 0.4) is 0 Å². The van der Waals surface area contributed by atoms with Crippen molar-refractivity contribution in [3.63, 3.8) is 0 Å². The second kappa shape index (κ2) is 7.75. The molecule has 1 rings (SSSR count). The van der Waals surface area contributed by atoms with Gasteiger partial charge in [0.1, 0.15) is 5.75 Å². The number of rotatable bonds is 7. The smallest absolute Gasteiger partial charge is 0.319 e. The summed E-state index contributed by atoms with van der Waals surface area (Å²) < 4.78 is 5.46. The summed E-state index contributed by atoms with van der Waals surface area (Å²) in [5.41, 5.74) is 0.216. The molecule has 0 aliphatic rings. The van der Waals surface area contributed by atoms with Crippen molar-refractivity contribution in [1.29, 1.82) is 0 Å². The number of nitrogens with one attached hydrogen (secondary N) is 2. The van der Waals surface area contributed by atoms with Gasteiger partial charge >= 0.3 is 6.03 Å². The third-order valence-corrected chi connectivity index (χ3v) is 3.29. The van der Waals surface area contributed by atoms with Gasteiger partial charge in [-0.05, 0) is 38.8 Å². The van der Waals surface area contributed by atoms with Gasteiger partial charge in [-0.2, -0.15) is 0 Å². The Labute approximate surface area is 120 Å². The maximum atomic E-state index is 12.1. The number of amides is 2. The van der Waals surface area contributed by atoms with Crippen LogP contribution in [-0.4, -0.2) is 29.9 Å². The van der Waals surface area contributed by atoms with Gasteiger partial charge in [-0.15, -0.1) is 0 Å². The van der Waals surface area contributed by atoms with E-state index in [1.165, 1.54) is 0 Å². The standard InChI is InChI=1S/C15H24N2O3/c1-4-15(3,10-11-18)17-14(19)16-12-8-6-7-9-13(12)20-5-2/h6-9,18H,4-5,10-11H2,1-3H3,(H2,16,17,19). The van der Waals surface area contributed by atoms with E-state index in [4.69, 9.17) is 9.84 Å². The van der Waals surface area contributed by atoms with E-state index in [9.17, 15) is 4.79 Å². The molecule has 0 aliphatic carbocycles. The highest BCUT2D eigenvalue weighted by Gasteiger charge is 2.23. The Morgan fingerprint density at radius 1 is 1.35 bits per heavy atom. The van der Waals surface area contributed by atoms with Gasteiger partial charge in [0.2, 0.25) is 0 Å². The van der Waals surface area contributed by atoms with Gasteiger partial charge in [0.05, 0.1) is 12.3 Å². The van der Waals surface area contributed by atoms with Gasteiger partial charge in [0, 0.05) is 12.1 Å². The van der Waals surface area contributed by atoms with Crippen molar-refractivity contribution in [2.75, 3.05) is 18.5 Å². The lowest BCUT2D eigenvalue weighted by Crippen LogP contribution is -2.48. The summed E-state index contributed by atoms with van der Waals surface area (Å²) in [6.45, 7) is 6.37. The van der Waals surface area contributed by atoms with Gasteiger partial charge in [-0.25, -0.2) is 4.79 Å². The summed E-state index contributed by atoms with van der Waals surface area (Å²) in [6.07, 6.45) is 1.26. The van der Waals surface area contributed by atoms with Gasteiger partial charge in [0.15, 0.2) is 0 Å². The van der Waals surface area contributed by atoms with Gasteiger partial charge in [-0.1, -0.05) is 19.1 Å². The first-order chi connectivity index (χ1) is 9.54. The molecular formula is C15H24N2O3. The molecule has 0 aromatic heterocycles. The van der Waals surface area contributed by atoms with Crippen LogP contribution in [0.1, 0.15) is 33.6 Å². The van der Waals surface area contributed by atoms with Crippen molar-refractivity contribution in [2.45, 2.75) is 39.2 Å². The lowest BCUT2D eigenvalue weighted by Gasteiger charge is -2.29. The van der Waals surface area contributed by atoms with Crippen molar-refractivity contribution in [2.24, 2.45) is 0 Å². The number of aliphatic hydroxyl groups is 1. The van der Waals surface area contributed by atoms with Crippen molar-refractivity contribution in [3.05, 3.63) is 24.3 Å². The lowest BCUT2D eigenvalue weighted by molar-refractivity contribution is 0.208. The minimum Gasteiger partial charge on any atom is -0.492 e. The van der Waals surface area contributed by atoms with E-state index in [1.54, 1.807) is 6.07 Å². The molecule has 5 heteroatoms. The molecule has 0 bridgehead atoms. The molecule has 0 spiro atoms. The van der Waals surface area contributed by atoms with E-state index in [-0.39, 0.29) is 12.6 Å². The summed E-state index contributed by atoms with van der Waals surface area (Å²) in [5.74, 6) is 0.644. The molecule has 3 N–H and O–H groups in total. The zero-order valence-corrected chi connectivity index (χ0v) is 12.4. The second-order valence-corrected chi connectivity index (χ2v) is 4.90. The van der Waals surface area contributed by atoms with Crippen LogP contribution in [0.5, 0.6) is 5.75 Å². The number of aliphatic hydroxyl groups excluding tert-OH is 1. The van der Waals surface area contributed by atoms with Gasteiger partial charge in [0.25, 0.3) is 0 Å². The number of urea groups is 1. The predicted molar refractivity (Wildman–Crippen MR) is 80.2 cm³/mol. The molecule has 1 aromatic carbocycles. The maximum Gasteiger partial charge on any atom is 0.319 e. The quantitative estimate of drug-likeness (QED) is 0.719. The first-order valence-electron chi connectivity index (χ1n) is 6.96. The summed E-state index contributed by atoms with van der Waals surface area (Å²) >= 11 is 0. The number of ether oxygens (including phenoxy) is 1. The summed E-state index contributed by atoms with van der Waals surface area (Å²) in [6, 6.07) is 7.00. The largest absolute Gasteiger partial charge is 0.492 e. The molecular weight excluding hydrogens is 256 g/mol. The van der Waals surface area contributed by atoms with Crippen molar-refractivity contribution >= 4 is 11.7 Å². The molecule has 0 fully saturated rings. The molecule has 2 amide bonds. The average molecular weight is 280 g/mol. The highest BCUT2D eigenvalue weighted by atomic mass is 16.5. The minimum absolute atomic E-state index is 0.0418. The molecule has 1 aromatic rings. The lowest BCUT2D eigenvalue weighted by atomic mass is 9.95. The summed E-state index contributed by atoms with van der Waals surface area (Å²) in [5, 5.41) is 14.7. The van der Waals surface area contributed by atoms with Crippen LogP contribution in [-0.2, 0) is 0 Å². The normalized spacial score (nSPS) is 13.4. The number of hydrogen-bond donors (Lipinski definition) is 3. The Bertz CT molecular complexity index is 437. The number of para-hydroxylation sites is 2. The van der Waals surface area contributed by atoms with Crippen molar-refractivity contribution in [1.82, 2.24) is 5.32 Å². The average Bonchev–Trinajstić information content (AvgIpc) is 2.41. The fourth-order valence-electron chi connectivity index (χ4n) is 1.85. The van der Waals surface area contributed by atoms with Crippen LogP contribution in [0.4, 0.5) is 10.5 Å².